The summed E-state index contributed by atoms with van der Waals surface area (Å²) in [4.78, 5) is 30.0. The normalized spacial score (nSPS) is 23.1. The Balaban J connectivity index is 1.82. The summed E-state index contributed by atoms with van der Waals surface area (Å²) >= 11 is 0. The number of nitrogens with one attached hydrogen (secondary N) is 1. The van der Waals surface area contributed by atoms with E-state index in [0.717, 1.165) is 37.8 Å². The molecule has 2 saturated carbocycles. The molecule has 0 bridgehead atoms. The molecule has 1 N–H and O–H groups in total. The molecular formula is C23H35N3O2. The lowest BCUT2D eigenvalue weighted by atomic mass is 9.85. The third-order valence-corrected chi connectivity index (χ3v) is 6.49. The molecule has 5 nitrogen and oxygen atoms in total. The lowest BCUT2D eigenvalue weighted by Crippen LogP contribution is -2.54. The Hall–Kier alpha value is -2.04. The van der Waals surface area contributed by atoms with Gasteiger partial charge in [-0.15, -0.1) is 0 Å². The lowest BCUT2D eigenvalue weighted by Gasteiger charge is -2.40. The molecule has 2 aliphatic rings. The van der Waals surface area contributed by atoms with Gasteiger partial charge < -0.3 is 15.1 Å². The molecule has 28 heavy (non-hydrogen) atoms. The minimum atomic E-state index is -0.135. The van der Waals surface area contributed by atoms with Crippen molar-refractivity contribution in [3.05, 3.63) is 30.3 Å². The Morgan fingerprint density at radius 1 is 0.964 bits per heavy atom. The number of amides is 3. The molecule has 2 fully saturated rings. The second kappa shape index (κ2) is 9.94. The second-order valence-electron chi connectivity index (χ2n) is 8.40. The molecule has 5 heteroatoms. The summed E-state index contributed by atoms with van der Waals surface area (Å²) in [6, 6.07) is 10.2. The van der Waals surface area contributed by atoms with Gasteiger partial charge in [0.2, 0.25) is 5.91 Å². The molecule has 0 spiro atoms. The third kappa shape index (κ3) is 4.86. The highest BCUT2D eigenvalue weighted by molar-refractivity contribution is 5.97. The summed E-state index contributed by atoms with van der Waals surface area (Å²) in [6.07, 6.45) is 10.1. The Morgan fingerprint density at radius 2 is 1.61 bits per heavy atom. The van der Waals surface area contributed by atoms with Crippen molar-refractivity contribution in [1.82, 2.24) is 10.2 Å². The van der Waals surface area contributed by atoms with Crippen molar-refractivity contribution in [2.45, 2.75) is 76.8 Å². The maximum atomic E-state index is 13.5. The summed E-state index contributed by atoms with van der Waals surface area (Å²) in [5, 5.41) is 2.76. The fraction of sp³-hybridized carbons (Fsp3) is 0.652. The van der Waals surface area contributed by atoms with Crippen LogP contribution in [0.5, 0.6) is 0 Å². The first kappa shape index (κ1) is 20.7. The van der Waals surface area contributed by atoms with Crippen molar-refractivity contribution in [1.29, 1.82) is 0 Å². The minimum absolute atomic E-state index is 0.0412. The van der Waals surface area contributed by atoms with Gasteiger partial charge in [0.05, 0.1) is 0 Å². The van der Waals surface area contributed by atoms with E-state index in [1.54, 1.807) is 11.9 Å². The van der Waals surface area contributed by atoms with Gasteiger partial charge in [-0.3, -0.25) is 4.79 Å². The van der Waals surface area contributed by atoms with Crippen molar-refractivity contribution in [3.63, 3.8) is 0 Å². The van der Waals surface area contributed by atoms with Gasteiger partial charge in [-0.25, -0.2) is 4.79 Å². The zero-order valence-corrected chi connectivity index (χ0v) is 17.4. The van der Waals surface area contributed by atoms with Crippen LogP contribution >= 0.6 is 0 Å². The van der Waals surface area contributed by atoms with Crippen LogP contribution in [0.2, 0.25) is 0 Å². The molecular weight excluding hydrogens is 350 g/mol. The molecule has 3 rings (SSSR count). The average Bonchev–Trinajstić information content (AvgIpc) is 2.74. The predicted molar refractivity (Wildman–Crippen MR) is 113 cm³/mol. The van der Waals surface area contributed by atoms with Gasteiger partial charge in [0, 0.05) is 24.8 Å². The van der Waals surface area contributed by atoms with Gasteiger partial charge in [-0.2, -0.15) is 0 Å². The molecule has 0 heterocycles. The zero-order chi connectivity index (χ0) is 19.9. The summed E-state index contributed by atoms with van der Waals surface area (Å²) in [7, 11) is 1.66. The Morgan fingerprint density at radius 3 is 2.25 bits per heavy atom. The number of urea groups is 1. The van der Waals surface area contributed by atoms with Gasteiger partial charge in [0.25, 0.3) is 0 Å². The van der Waals surface area contributed by atoms with E-state index in [1.807, 2.05) is 35.2 Å². The summed E-state index contributed by atoms with van der Waals surface area (Å²) in [5.41, 5.74) is 0.952. The van der Waals surface area contributed by atoms with Crippen LogP contribution < -0.4 is 10.2 Å². The van der Waals surface area contributed by atoms with Crippen LogP contribution in [0.15, 0.2) is 30.3 Å². The lowest BCUT2D eigenvalue weighted by molar-refractivity contribution is -0.120. The fourth-order valence-electron chi connectivity index (χ4n) is 4.95. The summed E-state index contributed by atoms with van der Waals surface area (Å²) < 4.78 is 0. The third-order valence-electron chi connectivity index (χ3n) is 6.49. The van der Waals surface area contributed by atoms with Gasteiger partial charge in [-0.1, -0.05) is 57.2 Å². The molecule has 1 aromatic rings. The molecule has 0 radical (unpaired) electrons. The average molecular weight is 386 g/mol. The Bertz CT molecular complexity index is 643. The molecule has 2 aliphatic carbocycles. The van der Waals surface area contributed by atoms with E-state index < -0.39 is 0 Å². The van der Waals surface area contributed by atoms with Gasteiger partial charge in [-0.05, 0) is 43.7 Å². The number of hydrogen-bond acceptors (Lipinski definition) is 2. The van der Waals surface area contributed by atoms with Crippen molar-refractivity contribution in [2.24, 2.45) is 5.92 Å². The topological polar surface area (TPSA) is 52.7 Å². The van der Waals surface area contributed by atoms with Crippen molar-refractivity contribution in [2.75, 3.05) is 18.5 Å². The SMILES string of the molecule is CNC(=O)N(CC(=O)N(c1ccccc1)C1CCCCC1)C1CCCCC1C. The number of para-hydroxylation sites is 1. The molecule has 154 valence electrons. The first-order valence-electron chi connectivity index (χ1n) is 11.0. The smallest absolute Gasteiger partial charge is 0.317 e. The highest BCUT2D eigenvalue weighted by Crippen LogP contribution is 2.30. The Labute approximate surface area is 169 Å². The van der Waals surface area contributed by atoms with Crippen molar-refractivity contribution < 1.29 is 9.59 Å². The molecule has 2 atom stereocenters. The quantitative estimate of drug-likeness (QED) is 0.807. The maximum absolute atomic E-state index is 13.5. The first-order valence-corrected chi connectivity index (χ1v) is 11.0. The van der Waals surface area contributed by atoms with Crippen LogP contribution in [0.1, 0.15) is 64.7 Å². The van der Waals surface area contributed by atoms with Crippen LogP contribution in [-0.2, 0) is 4.79 Å². The highest BCUT2D eigenvalue weighted by atomic mass is 16.2. The van der Waals surface area contributed by atoms with E-state index >= 15 is 0 Å². The second-order valence-corrected chi connectivity index (χ2v) is 8.40. The maximum Gasteiger partial charge on any atom is 0.317 e. The first-order chi connectivity index (χ1) is 13.6. The molecule has 0 saturated heterocycles. The van der Waals surface area contributed by atoms with Crippen LogP contribution in [0.4, 0.5) is 10.5 Å². The molecule has 3 amide bonds. The number of rotatable bonds is 5. The monoisotopic (exact) mass is 385 g/mol. The number of carbonyl (C=O) groups is 2. The van der Waals surface area contributed by atoms with E-state index in [0.29, 0.717) is 5.92 Å². The van der Waals surface area contributed by atoms with E-state index in [2.05, 4.69) is 12.2 Å². The van der Waals surface area contributed by atoms with Gasteiger partial charge in [0.15, 0.2) is 0 Å². The molecule has 2 unspecified atom stereocenters. The zero-order valence-electron chi connectivity index (χ0n) is 17.4. The molecule has 0 aliphatic heterocycles. The van der Waals surface area contributed by atoms with Gasteiger partial charge in [0.1, 0.15) is 6.54 Å². The van der Waals surface area contributed by atoms with E-state index in [4.69, 9.17) is 0 Å². The molecule has 0 aromatic heterocycles. The number of hydrogen-bond donors (Lipinski definition) is 1. The standard InChI is InChI=1S/C23H35N3O2/c1-18-11-9-10-16-21(18)25(23(28)24-2)17-22(27)26(19-12-5-3-6-13-19)20-14-7-4-8-15-20/h3,5-6,12-13,18,20-21H,4,7-11,14-17H2,1-2H3,(H,24,28). The molecule has 1 aromatic carbocycles. The largest absolute Gasteiger partial charge is 0.341 e. The van der Waals surface area contributed by atoms with Crippen molar-refractivity contribution >= 4 is 17.6 Å². The van der Waals surface area contributed by atoms with Crippen molar-refractivity contribution in [3.8, 4) is 0 Å². The fourth-order valence-corrected chi connectivity index (χ4v) is 4.95. The number of benzene rings is 1. The predicted octanol–water partition coefficient (Wildman–Crippen LogP) is 4.57. The minimum Gasteiger partial charge on any atom is -0.341 e. The highest BCUT2D eigenvalue weighted by Gasteiger charge is 2.34. The van der Waals surface area contributed by atoms with Gasteiger partial charge >= 0.3 is 6.03 Å². The summed E-state index contributed by atoms with van der Waals surface area (Å²) in [6.45, 7) is 2.36. The number of nitrogens with zero attached hydrogens (tertiary/aromatic N) is 2. The van der Waals surface area contributed by atoms with E-state index in [1.165, 1.54) is 25.7 Å². The Kier molecular flexibility index (Phi) is 7.35. The van der Waals surface area contributed by atoms with Crippen LogP contribution in [0.3, 0.4) is 0 Å². The number of anilines is 1. The van der Waals surface area contributed by atoms with E-state index in [9.17, 15) is 9.59 Å². The van der Waals surface area contributed by atoms with E-state index in [-0.39, 0.29) is 30.6 Å². The summed E-state index contributed by atoms with van der Waals surface area (Å²) in [5.74, 6) is 0.471. The van der Waals surface area contributed by atoms with Crippen LogP contribution in [-0.4, -0.2) is 42.5 Å². The van der Waals surface area contributed by atoms with Crippen LogP contribution in [0.25, 0.3) is 0 Å². The van der Waals surface area contributed by atoms with Crippen LogP contribution in [0, 0.1) is 5.92 Å². The number of carbonyl (C=O) groups excluding carboxylic acids is 2.